The van der Waals surface area contributed by atoms with Crippen LogP contribution in [-0.4, -0.2) is 19.6 Å². The van der Waals surface area contributed by atoms with E-state index in [1.54, 1.807) is 0 Å². The van der Waals surface area contributed by atoms with E-state index in [9.17, 15) is 4.79 Å². The molecule has 0 radical (unpaired) electrons. The Morgan fingerprint density at radius 3 is 1.70 bits per heavy atom. The first-order valence-electron chi connectivity index (χ1n) is 7.05. The number of imidazole rings is 1. The average molecular weight is 310 g/mol. The molecule has 2 atom stereocenters. The van der Waals surface area contributed by atoms with E-state index in [1.165, 1.54) is 0 Å². The number of thiol groups is 2. The van der Waals surface area contributed by atoms with E-state index in [2.05, 4.69) is 39.1 Å². The molecule has 0 bridgehead atoms. The first kappa shape index (κ1) is 15.6. The fourth-order valence-electron chi connectivity index (χ4n) is 2.34. The molecule has 1 aromatic carbocycles. The van der Waals surface area contributed by atoms with Crippen molar-refractivity contribution in [1.29, 1.82) is 0 Å². The second kappa shape index (κ2) is 6.76. The third kappa shape index (κ3) is 3.44. The van der Waals surface area contributed by atoms with E-state index < -0.39 is 0 Å². The molecule has 3 nitrogen and oxygen atoms in total. The number of aromatic nitrogens is 2. The highest BCUT2D eigenvalue weighted by Gasteiger charge is 2.13. The minimum Gasteiger partial charge on any atom is -0.292 e. The zero-order valence-electron chi connectivity index (χ0n) is 12.0. The first-order valence-corrected chi connectivity index (χ1v) is 8.08. The Kier molecular flexibility index (Phi) is 5.27. The van der Waals surface area contributed by atoms with Gasteiger partial charge in [-0.05, 0) is 25.0 Å². The van der Waals surface area contributed by atoms with E-state index in [0.29, 0.717) is 23.6 Å². The van der Waals surface area contributed by atoms with E-state index in [1.807, 2.05) is 33.4 Å². The van der Waals surface area contributed by atoms with Crippen molar-refractivity contribution in [2.75, 3.05) is 0 Å². The van der Waals surface area contributed by atoms with Gasteiger partial charge >= 0.3 is 5.69 Å². The lowest BCUT2D eigenvalue weighted by molar-refractivity contribution is 0.581. The van der Waals surface area contributed by atoms with Crippen LogP contribution in [0.25, 0.3) is 11.0 Å². The summed E-state index contributed by atoms with van der Waals surface area (Å²) in [6.07, 6.45) is 1.78. The fraction of sp³-hybridized carbons (Fsp3) is 0.533. The van der Waals surface area contributed by atoms with Crippen LogP contribution in [-0.2, 0) is 13.1 Å². The van der Waals surface area contributed by atoms with Crippen molar-refractivity contribution in [3.8, 4) is 0 Å². The van der Waals surface area contributed by atoms with Crippen LogP contribution < -0.4 is 5.69 Å². The van der Waals surface area contributed by atoms with Gasteiger partial charge in [0.25, 0.3) is 0 Å². The van der Waals surface area contributed by atoms with Gasteiger partial charge in [-0.2, -0.15) is 25.3 Å². The Bertz CT molecular complexity index is 576. The van der Waals surface area contributed by atoms with E-state index in [-0.39, 0.29) is 5.69 Å². The van der Waals surface area contributed by atoms with Gasteiger partial charge < -0.3 is 0 Å². The maximum Gasteiger partial charge on any atom is 0.329 e. The molecule has 2 rings (SSSR count). The minimum atomic E-state index is 0.0779. The van der Waals surface area contributed by atoms with Gasteiger partial charge in [-0.1, -0.05) is 26.0 Å². The summed E-state index contributed by atoms with van der Waals surface area (Å²) in [5, 5.41) is 0.586. The second-order valence-corrected chi connectivity index (χ2v) is 7.11. The Labute approximate surface area is 130 Å². The summed E-state index contributed by atoms with van der Waals surface area (Å²) in [4.78, 5) is 12.6. The number of aryl methyl sites for hydroxylation is 2. The van der Waals surface area contributed by atoms with Crippen molar-refractivity contribution in [1.82, 2.24) is 9.13 Å². The van der Waals surface area contributed by atoms with Gasteiger partial charge in [0.1, 0.15) is 0 Å². The Balaban J connectivity index is 2.41. The van der Waals surface area contributed by atoms with Crippen molar-refractivity contribution in [2.24, 2.45) is 0 Å². The van der Waals surface area contributed by atoms with Crippen molar-refractivity contribution >= 4 is 36.3 Å². The molecule has 0 aliphatic heterocycles. The van der Waals surface area contributed by atoms with Crippen LogP contribution in [0.5, 0.6) is 0 Å². The van der Waals surface area contributed by atoms with Crippen LogP contribution in [0.3, 0.4) is 0 Å². The number of hydrogen-bond donors (Lipinski definition) is 2. The van der Waals surface area contributed by atoms with Crippen LogP contribution in [0.15, 0.2) is 29.1 Å². The van der Waals surface area contributed by atoms with Crippen molar-refractivity contribution in [2.45, 2.75) is 50.3 Å². The molecule has 0 aliphatic rings. The standard InChI is InChI=1S/C15H22N2OS2/c1-11(19)7-9-16-13-5-3-4-6-14(13)17(15(16)18)10-8-12(2)20/h3-6,11-12,19-20H,7-10H2,1-2H3. The summed E-state index contributed by atoms with van der Waals surface area (Å²) in [7, 11) is 0. The molecule has 0 aliphatic carbocycles. The van der Waals surface area contributed by atoms with E-state index in [4.69, 9.17) is 0 Å². The highest BCUT2D eigenvalue weighted by Crippen LogP contribution is 2.15. The van der Waals surface area contributed by atoms with Gasteiger partial charge in [0.2, 0.25) is 0 Å². The molecule has 20 heavy (non-hydrogen) atoms. The molecular weight excluding hydrogens is 288 g/mol. The normalized spacial score (nSPS) is 14.6. The van der Waals surface area contributed by atoms with Crippen LogP contribution >= 0.6 is 25.3 Å². The number of rotatable bonds is 6. The smallest absolute Gasteiger partial charge is 0.292 e. The summed E-state index contributed by atoms with van der Waals surface area (Å²) >= 11 is 8.80. The molecule has 1 aromatic heterocycles. The molecule has 0 amide bonds. The number of hydrogen-bond acceptors (Lipinski definition) is 3. The molecule has 2 unspecified atom stereocenters. The van der Waals surface area contributed by atoms with E-state index >= 15 is 0 Å². The number of benzene rings is 1. The van der Waals surface area contributed by atoms with Crippen molar-refractivity contribution in [3.05, 3.63) is 34.7 Å². The third-order valence-electron chi connectivity index (χ3n) is 3.47. The van der Waals surface area contributed by atoms with Gasteiger partial charge in [0, 0.05) is 23.6 Å². The lowest BCUT2D eigenvalue weighted by Crippen LogP contribution is -2.25. The Morgan fingerprint density at radius 1 is 0.950 bits per heavy atom. The zero-order valence-corrected chi connectivity index (χ0v) is 13.8. The summed E-state index contributed by atoms with van der Waals surface area (Å²) in [6.45, 7) is 5.53. The third-order valence-corrected chi connectivity index (χ3v) is 3.98. The van der Waals surface area contributed by atoms with Crippen molar-refractivity contribution < 1.29 is 0 Å². The largest absolute Gasteiger partial charge is 0.329 e. The van der Waals surface area contributed by atoms with Gasteiger partial charge in [-0.15, -0.1) is 0 Å². The predicted molar refractivity (Wildman–Crippen MR) is 92.3 cm³/mol. The van der Waals surface area contributed by atoms with Crippen molar-refractivity contribution in [3.63, 3.8) is 0 Å². The average Bonchev–Trinajstić information content (AvgIpc) is 2.66. The number of fused-ring (bicyclic) bond motifs is 1. The molecule has 1 heterocycles. The van der Waals surface area contributed by atoms with Crippen LogP contribution in [0.2, 0.25) is 0 Å². The number of para-hydroxylation sites is 2. The predicted octanol–water partition coefficient (Wildman–Crippen LogP) is 3.22. The van der Waals surface area contributed by atoms with Crippen LogP contribution in [0, 0.1) is 0 Å². The fourth-order valence-corrected chi connectivity index (χ4v) is 2.57. The van der Waals surface area contributed by atoms with Crippen LogP contribution in [0.1, 0.15) is 26.7 Å². The Hall–Kier alpha value is -0.810. The van der Waals surface area contributed by atoms with Gasteiger partial charge in [-0.3, -0.25) is 9.13 Å². The topological polar surface area (TPSA) is 26.9 Å². The van der Waals surface area contributed by atoms with Gasteiger partial charge in [0.15, 0.2) is 0 Å². The maximum atomic E-state index is 12.6. The highest BCUT2D eigenvalue weighted by molar-refractivity contribution is 7.81. The maximum absolute atomic E-state index is 12.6. The van der Waals surface area contributed by atoms with E-state index in [0.717, 1.165) is 23.9 Å². The monoisotopic (exact) mass is 310 g/mol. The molecule has 0 spiro atoms. The molecular formula is C15H22N2OS2. The van der Waals surface area contributed by atoms with Gasteiger partial charge in [0.05, 0.1) is 11.0 Å². The zero-order chi connectivity index (χ0) is 14.7. The summed E-state index contributed by atoms with van der Waals surface area (Å²) in [6, 6.07) is 7.99. The summed E-state index contributed by atoms with van der Waals surface area (Å²) in [5.41, 5.74) is 2.10. The Morgan fingerprint density at radius 2 is 1.35 bits per heavy atom. The lowest BCUT2D eigenvalue weighted by atomic mass is 10.3. The molecule has 110 valence electrons. The molecule has 0 saturated carbocycles. The quantitative estimate of drug-likeness (QED) is 0.788. The molecule has 2 aromatic rings. The SMILES string of the molecule is CC(S)CCn1c(=O)n(CCC(C)S)c2ccccc21. The molecule has 5 heteroatoms. The number of nitrogens with zero attached hydrogens (tertiary/aromatic N) is 2. The molecule has 0 fully saturated rings. The first-order chi connectivity index (χ1) is 9.50. The minimum absolute atomic E-state index is 0.0779. The van der Waals surface area contributed by atoms with Crippen LogP contribution in [0.4, 0.5) is 0 Å². The molecule has 0 N–H and O–H groups in total. The lowest BCUT2D eigenvalue weighted by Gasteiger charge is -2.06. The highest BCUT2D eigenvalue weighted by atomic mass is 32.1. The van der Waals surface area contributed by atoms with Gasteiger partial charge in [-0.25, -0.2) is 4.79 Å². The summed E-state index contributed by atoms with van der Waals surface area (Å²) in [5.74, 6) is 0. The second-order valence-electron chi connectivity index (χ2n) is 5.35. The summed E-state index contributed by atoms with van der Waals surface area (Å²) < 4.78 is 3.73. The molecule has 0 saturated heterocycles.